The van der Waals surface area contributed by atoms with Gasteiger partial charge in [-0.05, 0) is 103 Å². The lowest BCUT2D eigenvalue weighted by molar-refractivity contribution is -0.167. The number of rotatable bonds is 58. The van der Waals surface area contributed by atoms with Crippen LogP contribution < -0.4 is 0 Å². The van der Waals surface area contributed by atoms with Gasteiger partial charge < -0.3 is 14.2 Å². The summed E-state index contributed by atoms with van der Waals surface area (Å²) in [6.07, 6.45) is 88.6. The third-order valence-corrected chi connectivity index (χ3v) is 13.8. The number of carbonyl (C=O) groups excluding carboxylic acids is 3. The Morgan fingerprint density at radius 3 is 0.792 bits per heavy atom. The fourth-order valence-electron chi connectivity index (χ4n) is 8.99. The number of esters is 3. The van der Waals surface area contributed by atoms with Gasteiger partial charge in [-0.1, -0.05) is 291 Å². The molecule has 0 aliphatic carbocycles. The molecule has 1 unspecified atom stereocenters. The van der Waals surface area contributed by atoms with Gasteiger partial charge in [0.05, 0.1) is 0 Å². The monoisotopic (exact) mass is 1070 g/mol. The molecule has 1 atom stereocenters. The summed E-state index contributed by atoms with van der Waals surface area (Å²) in [7, 11) is 0. The molecule has 6 heteroatoms. The van der Waals surface area contributed by atoms with Gasteiger partial charge in [0.25, 0.3) is 0 Å². The van der Waals surface area contributed by atoms with Crippen LogP contribution in [0.4, 0.5) is 0 Å². The van der Waals surface area contributed by atoms with Gasteiger partial charge >= 0.3 is 17.9 Å². The normalized spacial score (nSPS) is 12.8. The number of unbranched alkanes of at least 4 members (excludes halogenated alkanes) is 29. The number of ether oxygens (including phenoxy) is 3. The van der Waals surface area contributed by atoms with Crippen LogP contribution in [0.5, 0.6) is 0 Å². The van der Waals surface area contributed by atoms with E-state index in [9.17, 15) is 14.4 Å². The molecule has 0 rings (SSSR count). The first-order chi connectivity index (χ1) is 38.0. The molecule has 6 nitrogen and oxygen atoms in total. The van der Waals surface area contributed by atoms with Gasteiger partial charge in [0, 0.05) is 19.3 Å². The molecular formula is C71H120O6. The molecule has 0 amide bonds. The molecule has 0 saturated heterocycles. The zero-order valence-electron chi connectivity index (χ0n) is 50.4. The van der Waals surface area contributed by atoms with Gasteiger partial charge in [0.2, 0.25) is 0 Å². The molecule has 77 heavy (non-hydrogen) atoms. The number of hydrogen-bond donors (Lipinski definition) is 0. The van der Waals surface area contributed by atoms with Gasteiger partial charge in [-0.3, -0.25) is 14.4 Å². The first kappa shape index (κ1) is 73.1. The van der Waals surface area contributed by atoms with Crippen molar-refractivity contribution in [2.75, 3.05) is 13.2 Å². The van der Waals surface area contributed by atoms with Crippen molar-refractivity contribution in [3.8, 4) is 0 Å². The zero-order chi connectivity index (χ0) is 55.7. The summed E-state index contributed by atoms with van der Waals surface area (Å²) in [5.74, 6) is -0.892. The van der Waals surface area contributed by atoms with Gasteiger partial charge in [-0.2, -0.15) is 0 Å². The van der Waals surface area contributed by atoms with E-state index in [1.807, 2.05) is 0 Å². The Balaban J connectivity index is 4.03. The lowest BCUT2D eigenvalue weighted by Gasteiger charge is -2.18. The smallest absolute Gasteiger partial charge is 0.306 e. The summed E-state index contributed by atoms with van der Waals surface area (Å²) >= 11 is 0. The van der Waals surface area contributed by atoms with Crippen LogP contribution in [0, 0.1) is 0 Å². The van der Waals surface area contributed by atoms with E-state index >= 15 is 0 Å². The topological polar surface area (TPSA) is 78.9 Å². The summed E-state index contributed by atoms with van der Waals surface area (Å²) in [4.78, 5) is 38.0. The van der Waals surface area contributed by atoms with Gasteiger partial charge in [-0.15, -0.1) is 0 Å². The summed E-state index contributed by atoms with van der Waals surface area (Å²) < 4.78 is 16.8. The highest BCUT2D eigenvalue weighted by Gasteiger charge is 2.19. The quantitative estimate of drug-likeness (QED) is 0.0261. The Labute approximate surface area is 476 Å². The highest BCUT2D eigenvalue weighted by Crippen LogP contribution is 2.17. The van der Waals surface area contributed by atoms with Gasteiger partial charge in [0.15, 0.2) is 6.10 Å². The van der Waals surface area contributed by atoms with E-state index in [1.54, 1.807) is 0 Å². The predicted molar refractivity (Wildman–Crippen MR) is 334 cm³/mol. The highest BCUT2D eigenvalue weighted by molar-refractivity contribution is 5.71. The average Bonchev–Trinajstić information content (AvgIpc) is 3.43. The van der Waals surface area contributed by atoms with E-state index in [-0.39, 0.29) is 31.1 Å². The van der Waals surface area contributed by atoms with Crippen molar-refractivity contribution < 1.29 is 28.6 Å². The summed E-state index contributed by atoms with van der Waals surface area (Å²) in [6, 6.07) is 0. The largest absolute Gasteiger partial charge is 0.462 e. The second kappa shape index (κ2) is 64.6. The van der Waals surface area contributed by atoms with E-state index in [4.69, 9.17) is 14.2 Å². The third kappa shape index (κ3) is 62.8. The van der Waals surface area contributed by atoms with Crippen molar-refractivity contribution in [3.63, 3.8) is 0 Å². The summed E-state index contributed by atoms with van der Waals surface area (Å²) in [6.45, 7) is 6.35. The van der Waals surface area contributed by atoms with Crippen LogP contribution in [-0.4, -0.2) is 37.2 Å². The summed E-state index contributed by atoms with van der Waals surface area (Å²) in [5.41, 5.74) is 0. The second-order valence-corrected chi connectivity index (χ2v) is 21.3. The van der Waals surface area contributed by atoms with Crippen molar-refractivity contribution in [2.24, 2.45) is 0 Å². The Kier molecular flexibility index (Phi) is 61.3. The highest BCUT2D eigenvalue weighted by atomic mass is 16.6. The first-order valence-corrected chi connectivity index (χ1v) is 32.4. The predicted octanol–water partition coefficient (Wildman–Crippen LogP) is 22.2. The fraction of sp³-hybridized carbons (Fsp3) is 0.704. The van der Waals surface area contributed by atoms with Crippen LogP contribution in [0.1, 0.15) is 303 Å². The molecule has 0 aliphatic rings. The second-order valence-electron chi connectivity index (χ2n) is 21.3. The molecule has 0 spiro atoms. The summed E-state index contributed by atoms with van der Waals surface area (Å²) in [5, 5.41) is 0. The van der Waals surface area contributed by atoms with Crippen molar-refractivity contribution in [1.29, 1.82) is 0 Å². The molecule has 0 aromatic heterocycles. The Hall–Kier alpha value is -3.93. The Morgan fingerprint density at radius 1 is 0.273 bits per heavy atom. The Bertz CT molecular complexity index is 1560. The standard InChI is InChI=1S/C71H120O6/c1-4-7-10-13-15-17-19-21-23-25-27-29-31-33-34-35-36-38-39-41-43-45-47-49-51-53-55-58-61-64-70(73)76-67-68(66-75-69(72)63-60-57-12-9-6-3)77-71(74)65-62-59-56-54-52-50-48-46-44-42-40-37-32-30-28-26-24-22-20-18-16-14-11-8-5-2/h7-8,10-11,15-18,21-24,27-30,37,40,68H,4-6,9,12-14,19-20,25-26,31-36,38-39,41-67H2,1-3H3/b10-7-,11-8-,17-15-,18-16-,23-21-,24-22-,29-27-,30-28-,40-37-. The molecule has 0 N–H and O–H groups in total. The molecule has 0 saturated carbocycles. The van der Waals surface area contributed by atoms with E-state index in [2.05, 4.69) is 130 Å². The minimum Gasteiger partial charge on any atom is -0.462 e. The molecule has 0 radical (unpaired) electrons. The first-order valence-electron chi connectivity index (χ1n) is 32.4. The van der Waals surface area contributed by atoms with Crippen molar-refractivity contribution in [1.82, 2.24) is 0 Å². The van der Waals surface area contributed by atoms with E-state index in [0.29, 0.717) is 19.3 Å². The molecule has 440 valence electrons. The number of allylic oxidation sites excluding steroid dienone is 18. The molecule has 0 aromatic rings. The van der Waals surface area contributed by atoms with Crippen LogP contribution >= 0.6 is 0 Å². The lowest BCUT2D eigenvalue weighted by atomic mass is 10.0. The Morgan fingerprint density at radius 2 is 0.506 bits per heavy atom. The maximum absolute atomic E-state index is 12.8. The van der Waals surface area contributed by atoms with E-state index in [0.717, 1.165) is 128 Å². The van der Waals surface area contributed by atoms with Crippen LogP contribution in [0.2, 0.25) is 0 Å². The molecule has 0 bridgehead atoms. The number of hydrogen-bond acceptors (Lipinski definition) is 6. The van der Waals surface area contributed by atoms with Crippen LogP contribution in [-0.2, 0) is 28.6 Å². The van der Waals surface area contributed by atoms with Crippen molar-refractivity contribution in [2.45, 2.75) is 309 Å². The maximum atomic E-state index is 12.8. The molecular weight excluding hydrogens is 949 g/mol. The zero-order valence-corrected chi connectivity index (χ0v) is 50.4. The van der Waals surface area contributed by atoms with Crippen LogP contribution in [0.15, 0.2) is 109 Å². The van der Waals surface area contributed by atoms with E-state index < -0.39 is 6.10 Å². The van der Waals surface area contributed by atoms with Crippen molar-refractivity contribution in [3.05, 3.63) is 109 Å². The minimum atomic E-state index is -0.778. The minimum absolute atomic E-state index is 0.0789. The van der Waals surface area contributed by atoms with Crippen LogP contribution in [0.3, 0.4) is 0 Å². The maximum Gasteiger partial charge on any atom is 0.306 e. The lowest BCUT2D eigenvalue weighted by Crippen LogP contribution is -2.30. The molecule has 0 heterocycles. The van der Waals surface area contributed by atoms with Crippen LogP contribution in [0.25, 0.3) is 0 Å². The molecule has 0 aliphatic heterocycles. The fourth-order valence-corrected chi connectivity index (χ4v) is 8.99. The SMILES string of the molecule is CC/C=C\C/C=C\C/C=C\C/C=C\C/C=C\CCCCCCCCCCCC(=O)OC(COC(=O)CCCCCCC)COC(=O)CCCCCCCCCCCCCCCCCC/C=C\C/C=C\C/C=C\C/C=C\CC. The molecule has 0 fully saturated rings. The average molecular weight is 1070 g/mol. The number of carbonyl (C=O) groups is 3. The van der Waals surface area contributed by atoms with Gasteiger partial charge in [0.1, 0.15) is 13.2 Å². The van der Waals surface area contributed by atoms with E-state index in [1.165, 1.54) is 135 Å². The van der Waals surface area contributed by atoms with Crippen molar-refractivity contribution >= 4 is 17.9 Å². The molecule has 0 aromatic carbocycles. The van der Waals surface area contributed by atoms with Gasteiger partial charge in [-0.25, -0.2) is 0 Å². The third-order valence-electron chi connectivity index (χ3n) is 13.8.